The molecule has 0 saturated carbocycles. The largest absolute Gasteiger partial charge is 0.451 e. The van der Waals surface area contributed by atoms with Crippen LogP contribution in [0.5, 0.6) is 0 Å². The molecule has 1 aliphatic heterocycles. The van der Waals surface area contributed by atoms with Gasteiger partial charge < -0.3 is 14.6 Å². The number of aromatic nitrogens is 3. The van der Waals surface area contributed by atoms with Crippen LogP contribution in [0.25, 0.3) is 22.4 Å². The maximum Gasteiger partial charge on any atom is 0.289 e. The molecule has 0 radical (unpaired) electrons. The number of halogens is 1. The van der Waals surface area contributed by atoms with Gasteiger partial charge in [0.1, 0.15) is 11.4 Å². The van der Waals surface area contributed by atoms with Crippen molar-refractivity contribution < 1.29 is 9.21 Å². The highest BCUT2D eigenvalue weighted by atomic mass is 35.5. The first-order valence-electron chi connectivity index (χ1n) is 10.6. The van der Waals surface area contributed by atoms with Gasteiger partial charge in [0.05, 0.1) is 0 Å². The van der Waals surface area contributed by atoms with E-state index in [1.807, 2.05) is 30.1 Å². The fourth-order valence-electron chi connectivity index (χ4n) is 4.08. The number of rotatable bonds is 4. The number of amides is 1. The van der Waals surface area contributed by atoms with Crippen LogP contribution >= 0.6 is 11.6 Å². The van der Waals surface area contributed by atoms with E-state index >= 15 is 0 Å². The van der Waals surface area contributed by atoms with Crippen LogP contribution in [-0.4, -0.2) is 45.9 Å². The Bertz CT molecular complexity index is 1270. The molecule has 8 heteroatoms. The molecule has 32 heavy (non-hydrogen) atoms. The summed E-state index contributed by atoms with van der Waals surface area (Å²) in [5.74, 6) is 1.93. The Hall–Kier alpha value is -3.45. The Morgan fingerprint density at radius 2 is 2.00 bits per heavy atom. The van der Waals surface area contributed by atoms with E-state index in [1.165, 1.54) is 0 Å². The van der Waals surface area contributed by atoms with E-state index in [9.17, 15) is 4.79 Å². The first-order chi connectivity index (χ1) is 15.6. The maximum absolute atomic E-state index is 13.0. The number of nitrogens with zero attached hydrogens (tertiary/aromatic N) is 4. The van der Waals surface area contributed by atoms with Crippen LogP contribution in [0, 0.1) is 0 Å². The van der Waals surface area contributed by atoms with Gasteiger partial charge >= 0.3 is 0 Å². The Kier molecular flexibility index (Phi) is 5.49. The molecule has 0 bridgehead atoms. The lowest BCUT2D eigenvalue weighted by Crippen LogP contribution is -2.37. The minimum absolute atomic E-state index is 0.0922. The molecular formula is C24H22ClN5O2. The standard InChI is InChI=1S/C24H22ClN5O2/c1-26-22-13-19(28-23(29-22)16-3-2-8-27-14-16)15-6-9-30(10-7-15)24(31)21-12-17-11-18(25)4-5-20(17)32-21/h2-5,8,11-15H,6-7,9-10H2,1H3,(H,26,28,29). The number of anilines is 1. The second kappa shape index (κ2) is 8.59. The van der Waals surface area contributed by atoms with Gasteiger partial charge in [-0.25, -0.2) is 9.97 Å². The van der Waals surface area contributed by atoms with Gasteiger partial charge in [-0.1, -0.05) is 11.6 Å². The number of carbonyl (C=O) groups is 1. The molecule has 0 atom stereocenters. The number of nitrogens with one attached hydrogen (secondary N) is 1. The molecule has 0 unspecified atom stereocenters. The first-order valence-corrected chi connectivity index (χ1v) is 10.9. The lowest BCUT2D eigenvalue weighted by Gasteiger charge is -2.31. The van der Waals surface area contributed by atoms with Crippen molar-refractivity contribution in [1.82, 2.24) is 19.9 Å². The van der Waals surface area contributed by atoms with Crippen LogP contribution in [-0.2, 0) is 0 Å². The normalized spacial score (nSPS) is 14.6. The third-order valence-electron chi connectivity index (χ3n) is 5.81. The third kappa shape index (κ3) is 4.03. The first kappa shape index (κ1) is 20.5. The van der Waals surface area contributed by atoms with Crippen molar-refractivity contribution in [3.8, 4) is 11.4 Å². The highest BCUT2D eigenvalue weighted by molar-refractivity contribution is 6.31. The second-order valence-electron chi connectivity index (χ2n) is 7.85. The number of carbonyl (C=O) groups excluding carboxylic acids is 1. The van der Waals surface area contributed by atoms with E-state index in [0.717, 1.165) is 35.3 Å². The highest BCUT2D eigenvalue weighted by Gasteiger charge is 2.28. The number of hydrogen-bond acceptors (Lipinski definition) is 6. The number of piperidine rings is 1. The summed E-state index contributed by atoms with van der Waals surface area (Å²) in [6.45, 7) is 1.28. The summed E-state index contributed by atoms with van der Waals surface area (Å²) in [5, 5.41) is 4.58. The van der Waals surface area contributed by atoms with E-state index in [2.05, 4.69) is 15.3 Å². The van der Waals surface area contributed by atoms with E-state index in [-0.39, 0.29) is 11.8 Å². The molecule has 0 spiro atoms. The Balaban J connectivity index is 1.32. The van der Waals surface area contributed by atoms with Gasteiger partial charge in [-0.3, -0.25) is 9.78 Å². The van der Waals surface area contributed by atoms with Crippen LogP contribution in [0.4, 0.5) is 5.82 Å². The topological polar surface area (TPSA) is 84.2 Å². The molecule has 1 fully saturated rings. The number of likely N-dealkylation sites (tertiary alicyclic amines) is 1. The molecule has 1 aliphatic rings. The van der Waals surface area contributed by atoms with Crippen LogP contribution in [0.1, 0.15) is 35.0 Å². The van der Waals surface area contributed by atoms with Gasteiger partial charge in [0, 0.05) is 66.2 Å². The average Bonchev–Trinajstić information content (AvgIpc) is 3.27. The van der Waals surface area contributed by atoms with Gasteiger partial charge in [-0.2, -0.15) is 0 Å². The van der Waals surface area contributed by atoms with Crippen molar-refractivity contribution >= 4 is 34.3 Å². The van der Waals surface area contributed by atoms with Gasteiger partial charge in [0.15, 0.2) is 11.6 Å². The van der Waals surface area contributed by atoms with E-state index in [1.54, 1.807) is 36.7 Å². The van der Waals surface area contributed by atoms with Crippen molar-refractivity contribution in [2.75, 3.05) is 25.5 Å². The molecule has 1 saturated heterocycles. The summed E-state index contributed by atoms with van der Waals surface area (Å²) in [7, 11) is 1.85. The lowest BCUT2D eigenvalue weighted by molar-refractivity contribution is 0.0682. The van der Waals surface area contributed by atoms with Crippen LogP contribution in [0.2, 0.25) is 5.02 Å². The van der Waals surface area contributed by atoms with Crippen molar-refractivity contribution in [1.29, 1.82) is 0 Å². The molecule has 7 nitrogen and oxygen atoms in total. The zero-order valence-corrected chi connectivity index (χ0v) is 18.3. The smallest absolute Gasteiger partial charge is 0.289 e. The summed E-state index contributed by atoms with van der Waals surface area (Å²) in [6, 6.07) is 12.9. The molecular weight excluding hydrogens is 426 g/mol. The molecule has 4 heterocycles. The number of furan rings is 1. The van der Waals surface area contributed by atoms with E-state index in [0.29, 0.717) is 35.3 Å². The highest BCUT2D eigenvalue weighted by Crippen LogP contribution is 2.31. The van der Waals surface area contributed by atoms with Gasteiger partial charge in [-0.05, 0) is 49.2 Å². The molecule has 5 rings (SSSR count). The predicted octanol–water partition coefficient (Wildman–Crippen LogP) is 5.00. The van der Waals surface area contributed by atoms with Gasteiger partial charge in [-0.15, -0.1) is 0 Å². The fraction of sp³-hybridized carbons (Fsp3) is 0.250. The Morgan fingerprint density at radius 1 is 1.16 bits per heavy atom. The molecule has 162 valence electrons. The molecule has 1 aromatic carbocycles. The molecule has 1 amide bonds. The Morgan fingerprint density at radius 3 is 2.75 bits per heavy atom. The van der Waals surface area contributed by atoms with Crippen molar-refractivity contribution in [2.24, 2.45) is 0 Å². The lowest BCUT2D eigenvalue weighted by atomic mass is 9.93. The van der Waals surface area contributed by atoms with Crippen LogP contribution < -0.4 is 5.32 Å². The van der Waals surface area contributed by atoms with Gasteiger partial charge in [0.25, 0.3) is 5.91 Å². The number of hydrogen-bond donors (Lipinski definition) is 1. The van der Waals surface area contributed by atoms with E-state index in [4.69, 9.17) is 21.0 Å². The number of pyridine rings is 1. The summed E-state index contributed by atoms with van der Waals surface area (Å²) < 4.78 is 5.76. The van der Waals surface area contributed by atoms with Crippen LogP contribution in [0.3, 0.4) is 0 Å². The molecule has 3 aromatic heterocycles. The van der Waals surface area contributed by atoms with E-state index < -0.39 is 0 Å². The maximum atomic E-state index is 13.0. The predicted molar refractivity (Wildman–Crippen MR) is 124 cm³/mol. The Labute approximate surface area is 190 Å². The van der Waals surface area contributed by atoms with Crippen molar-refractivity contribution in [3.05, 3.63) is 71.3 Å². The number of fused-ring (bicyclic) bond motifs is 1. The zero-order chi connectivity index (χ0) is 22.1. The van der Waals surface area contributed by atoms with Gasteiger partial charge in [0.2, 0.25) is 0 Å². The van der Waals surface area contributed by atoms with Crippen molar-refractivity contribution in [2.45, 2.75) is 18.8 Å². The van der Waals surface area contributed by atoms with Crippen LogP contribution in [0.15, 0.2) is 59.3 Å². The SMILES string of the molecule is CNc1cc(C2CCN(C(=O)c3cc4cc(Cl)ccc4o3)CC2)nc(-c2cccnc2)n1. The molecule has 4 aromatic rings. The fourth-order valence-corrected chi connectivity index (χ4v) is 4.26. The summed E-state index contributed by atoms with van der Waals surface area (Å²) in [4.78, 5) is 28.4. The molecule has 1 N–H and O–H groups in total. The quantitative estimate of drug-likeness (QED) is 0.474. The third-order valence-corrected chi connectivity index (χ3v) is 6.05. The minimum atomic E-state index is -0.0922. The second-order valence-corrected chi connectivity index (χ2v) is 8.29. The average molecular weight is 448 g/mol. The summed E-state index contributed by atoms with van der Waals surface area (Å²) in [5.41, 5.74) is 2.52. The summed E-state index contributed by atoms with van der Waals surface area (Å²) in [6.07, 6.45) is 5.14. The zero-order valence-electron chi connectivity index (χ0n) is 17.6. The minimum Gasteiger partial charge on any atom is -0.451 e. The monoisotopic (exact) mass is 447 g/mol. The van der Waals surface area contributed by atoms with Crippen molar-refractivity contribution in [3.63, 3.8) is 0 Å². The molecule has 0 aliphatic carbocycles. The number of benzene rings is 1. The summed E-state index contributed by atoms with van der Waals surface area (Å²) >= 11 is 6.05.